The predicted molar refractivity (Wildman–Crippen MR) is 153 cm³/mol. The molecule has 2 saturated heterocycles. The fraction of sp³-hybridized carbons (Fsp3) is 0.448. The SMILES string of the molecule is CC(C)CS(=O)(=O)c1ccccc1Oc1ccc(-c2noc(CN3C(=O)CN(CCN4CCOCC4)C3=O)n2)cc1C(F)(F)F. The van der Waals surface area contributed by atoms with Crippen LogP contribution >= 0.6 is 0 Å². The number of morpholine rings is 1. The Morgan fingerprint density at radius 2 is 1.76 bits per heavy atom. The lowest BCUT2D eigenvalue weighted by atomic mass is 10.1. The molecule has 0 N–H and O–H groups in total. The Labute approximate surface area is 257 Å². The molecule has 45 heavy (non-hydrogen) atoms. The minimum Gasteiger partial charge on any atom is -0.455 e. The Balaban J connectivity index is 1.32. The Bertz CT molecular complexity index is 1660. The first-order valence-electron chi connectivity index (χ1n) is 14.2. The third-order valence-corrected chi connectivity index (χ3v) is 9.29. The van der Waals surface area contributed by atoms with E-state index in [2.05, 4.69) is 15.0 Å². The highest BCUT2D eigenvalue weighted by Crippen LogP contribution is 2.41. The van der Waals surface area contributed by atoms with E-state index in [-0.39, 0.29) is 52.7 Å². The van der Waals surface area contributed by atoms with Gasteiger partial charge in [0.25, 0.3) is 5.91 Å². The maximum Gasteiger partial charge on any atom is 0.420 e. The van der Waals surface area contributed by atoms with Crippen molar-refractivity contribution >= 4 is 21.8 Å². The number of hydrogen-bond donors (Lipinski definition) is 0. The van der Waals surface area contributed by atoms with Crippen LogP contribution in [0.4, 0.5) is 18.0 Å². The summed E-state index contributed by atoms with van der Waals surface area (Å²) < 4.78 is 84.3. The summed E-state index contributed by atoms with van der Waals surface area (Å²) in [6.07, 6.45) is -4.89. The number of urea groups is 1. The molecule has 2 aromatic carbocycles. The van der Waals surface area contributed by atoms with Crippen LogP contribution in [0.1, 0.15) is 25.3 Å². The van der Waals surface area contributed by atoms with Crippen LogP contribution in [0.3, 0.4) is 0 Å². The number of sulfone groups is 1. The minimum absolute atomic E-state index is 0.0726. The zero-order chi connectivity index (χ0) is 32.4. The number of halogens is 3. The first kappa shape index (κ1) is 32.4. The van der Waals surface area contributed by atoms with E-state index in [1.807, 2.05) is 0 Å². The fourth-order valence-electron chi connectivity index (χ4n) is 5.00. The number of ether oxygens (including phenoxy) is 2. The van der Waals surface area contributed by atoms with Crippen LogP contribution in [-0.2, 0) is 32.1 Å². The molecule has 0 unspecified atom stereocenters. The topological polar surface area (TPSA) is 135 Å². The van der Waals surface area contributed by atoms with Gasteiger partial charge in [-0.25, -0.2) is 13.2 Å². The maximum atomic E-state index is 14.2. The molecule has 12 nitrogen and oxygen atoms in total. The Morgan fingerprint density at radius 3 is 2.47 bits per heavy atom. The van der Waals surface area contributed by atoms with E-state index in [1.165, 1.54) is 35.2 Å². The van der Waals surface area contributed by atoms with E-state index in [9.17, 15) is 31.2 Å². The second kappa shape index (κ2) is 13.1. The molecule has 2 fully saturated rings. The summed E-state index contributed by atoms with van der Waals surface area (Å²) in [7, 11) is -3.84. The van der Waals surface area contributed by atoms with Gasteiger partial charge in [0.05, 0.1) is 24.5 Å². The quantitative estimate of drug-likeness (QED) is 0.279. The summed E-state index contributed by atoms with van der Waals surface area (Å²) >= 11 is 0. The van der Waals surface area contributed by atoms with Crippen molar-refractivity contribution in [1.82, 2.24) is 24.8 Å². The molecule has 5 rings (SSSR count). The number of nitrogens with zero attached hydrogens (tertiary/aromatic N) is 5. The van der Waals surface area contributed by atoms with Crippen LogP contribution in [0.5, 0.6) is 11.5 Å². The van der Waals surface area contributed by atoms with E-state index >= 15 is 0 Å². The molecule has 3 heterocycles. The van der Waals surface area contributed by atoms with Gasteiger partial charge in [-0.05, 0) is 36.2 Å². The number of benzene rings is 2. The van der Waals surface area contributed by atoms with Gasteiger partial charge >= 0.3 is 12.2 Å². The molecule has 3 aromatic rings. The average molecular weight is 652 g/mol. The molecule has 1 aromatic heterocycles. The minimum atomic E-state index is -4.89. The molecule has 0 aliphatic carbocycles. The number of alkyl halides is 3. The summed E-state index contributed by atoms with van der Waals surface area (Å²) in [5, 5.41) is 3.75. The number of amides is 3. The second-order valence-electron chi connectivity index (χ2n) is 11.1. The molecule has 242 valence electrons. The molecule has 0 spiro atoms. The van der Waals surface area contributed by atoms with Crippen molar-refractivity contribution < 1.29 is 45.2 Å². The van der Waals surface area contributed by atoms with Crippen molar-refractivity contribution in [3.8, 4) is 22.9 Å². The molecule has 2 aliphatic rings. The highest BCUT2D eigenvalue weighted by atomic mass is 32.2. The van der Waals surface area contributed by atoms with Gasteiger partial charge < -0.3 is 18.9 Å². The highest BCUT2D eigenvalue weighted by molar-refractivity contribution is 7.91. The Kier molecular flexibility index (Phi) is 9.46. The van der Waals surface area contributed by atoms with E-state index < -0.39 is 39.3 Å². The van der Waals surface area contributed by atoms with E-state index in [0.717, 1.165) is 30.1 Å². The molecule has 3 amide bonds. The Hall–Kier alpha value is -4.02. The average Bonchev–Trinajstić information content (AvgIpc) is 3.56. The van der Waals surface area contributed by atoms with Crippen molar-refractivity contribution in [1.29, 1.82) is 0 Å². The molecule has 0 atom stereocenters. The van der Waals surface area contributed by atoms with Gasteiger partial charge in [0.15, 0.2) is 9.84 Å². The third-order valence-electron chi connectivity index (χ3n) is 7.18. The zero-order valence-electron chi connectivity index (χ0n) is 24.6. The summed E-state index contributed by atoms with van der Waals surface area (Å²) in [5.74, 6) is -2.08. The molecule has 0 radical (unpaired) electrons. The number of imide groups is 1. The van der Waals surface area contributed by atoms with Gasteiger partial charge in [-0.3, -0.25) is 14.6 Å². The van der Waals surface area contributed by atoms with Crippen LogP contribution in [-0.4, -0.2) is 96.9 Å². The van der Waals surface area contributed by atoms with Crippen molar-refractivity contribution in [2.24, 2.45) is 5.92 Å². The van der Waals surface area contributed by atoms with E-state index in [0.29, 0.717) is 26.3 Å². The van der Waals surface area contributed by atoms with Gasteiger partial charge in [-0.2, -0.15) is 18.2 Å². The smallest absolute Gasteiger partial charge is 0.420 e. The molecular weight excluding hydrogens is 619 g/mol. The number of carbonyl (C=O) groups excluding carboxylic acids is 2. The lowest BCUT2D eigenvalue weighted by molar-refractivity contribution is -0.138. The predicted octanol–water partition coefficient (Wildman–Crippen LogP) is 4.07. The number of hydrogen-bond acceptors (Lipinski definition) is 10. The van der Waals surface area contributed by atoms with Crippen molar-refractivity contribution in [2.75, 3.05) is 51.7 Å². The van der Waals surface area contributed by atoms with Gasteiger partial charge in [-0.15, -0.1) is 0 Å². The fourth-order valence-corrected chi connectivity index (χ4v) is 6.76. The first-order chi connectivity index (χ1) is 21.3. The third kappa shape index (κ3) is 7.62. The van der Waals surface area contributed by atoms with Gasteiger partial charge in [-0.1, -0.05) is 31.1 Å². The maximum absolute atomic E-state index is 14.2. The highest BCUT2D eigenvalue weighted by Gasteiger charge is 2.38. The first-order valence-corrected chi connectivity index (χ1v) is 15.9. The van der Waals surface area contributed by atoms with Crippen molar-refractivity contribution in [3.63, 3.8) is 0 Å². The Morgan fingerprint density at radius 1 is 1.02 bits per heavy atom. The summed E-state index contributed by atoms with van der Waals surface area (Å²) in [6.45, 7) is 6.60. The molecule has 16 heteroatoms. The number of para-hydroxylation sites is 1. The molecular formula is C29H32F3N5O7S. The number of aromatic nitrogens is 2. The lowest BCUT2D eigenvalue weighted by Crippen LogP contribution is -2.42. The second-order valence-corrected chi connectivity index (χ2v) is 13.1. The summed E-state index contributed by atoms with van der Waals surface area (Å²) in [5.41, 5.74) is -1.26. The lowest BCUT2D eigenvalue weighted by Gasteiger charge is -2.28. The van der Waals surface area contributed by atoms with E-state index in [4.69, 9.17) is 14.0 Å². The number of rotatable bonds is 11. The van der Waals surface area contributed by atoms with Crippen LogP contribution in [0, 0.1) is 5.92 Å². The largest absolute Gasteiger partial charge is 0.455 e. The monoisotopic (exact) mass is 651 g/mol. The van der Waals surface area contributed by atoms with Crippen LogP contribution in [0.25, 0.3) is 11.4 Å². The van der Waals surface area contributed by atoms with E-state index in [1.54, 1.807) is 13.8 Å². The molecule has 2 aliphatic heterocycles. The van der Waals surface area contributed by atoms with Crippen molar-refractivity contribution in [2.45, 2.75) is 31.5 Å². The van der Waals surface area contributed by atoms with Crippen LogP contribution in [0.15, 0.2) is 51.9 Å². The molecule has 0 saturated carbocycles. The standard InChI is InChI=1S/C29H32F3N5O7S/c1-19(2)18-45(40,41)24-6-4-3-5-23(24)43-22-8-7-20(15-21(22)29(30,31)32)27-33-25(44-34-27)16-37-26(38)17-36(28(37)39)10-9-35-11-13-42-14-12-35/h3-8,15,19H,9-14,16-18H2,1-2H3. The van der Waals surface area contributed by atoms with Gasteiger partial charge in [0.2, 0.25) is 11.7 Å². The van der Waals surface area contributed by atoms with Crippen LogP contribution < -0.4 is 4.74 Å². The normalized spacial score (nSPS) is 16.7. The van der Waals surface area contributed by atoms with Crippen LogP contribution in [0.2, 0.25) is 0 Å². The molecule has 0 bridgehead atoms. The summed E-state index contributed by atoms with van der Waals surface area (Å²) in [6, 6.07) is 8.05. The van der Waals surface area contributed by atoms with Crippen molar-refractivity contribution in [3.05, 3.63) is 53.9 Å². The zero-order valence-corrected chi connectivity index (χ0v) is 25.4. The number of carbonyl (C=O) groups is 2. The van der Waals surface area contributed by atoms with Gasteiger partial charge in [0.1, 0.15) is 29.5 Å². The summed E-state index contributed by atoms with van der Waals surface area (Å²) in [4.78, 5) is 33.8. The van der Waals surface area contributed by atoms with Gasteiger partial charge in [0, 0.05) is 31.7 Å².